The molecule has 0 N–H and O–H groups in total. The van der Waals surface area contributed by atoms with Crippen LogP contribution in [-0.4, -0.2) is 37.2 Å². The number of hydrogen-bond acceptors (Lipinski definition) is 6. The van der Waals surface area contributed by atoms with Crippen LogP contribution in [0.1, 0.15) is 252 Å². The lowest BCUT2D eigenvalue weighted by atomic mass is 10.1. The van der Waals surface area contributed by atoms with Gasteiger partial charge < -0.3 is 14.2 Å². The van der Waals surface area contributed by atoms with E-state index >= 15 is 0 Å². The fourth-order valence-electron chi connectivity index (χ4n) is 7.23. The number of ether oxygens (including phenoxy) is 3. The number of carbonyl (C=O) groups is 3. The first kappa shape index (κ1) is 59.9. The summed E-state index contributed by atoms with van der Waals surface area (Å²) in [7, 11) is 0. The molecular formula is C57H98O6. The van der Waals surface area contributed by atoms with Gasteiger partial charge in [0, 0.05) is 19.3 Å². The Balaban J connectivity index is 4.41. The van der Waals surface area contributed by atoms with Gasteiger partial charge in [0.05, 0.1) is 0 Å². The van der Waals surface area contributed by atoms with Gasteiger partial charge in [0.1, 0.15) is 13.2 Å². The van der Waals surface area contributed by atoms with Gasteiger partial charge in [-0.15, -0.1) is 0 Å². The largest absolute Gasteiger partial charge is 0.462 e. The minimum Gasteiger partial charge on any atom is -0.462 e. The molecule has 6 heteroatoms. The molecule has 0 heterocycles. The summed E-state index contributed by atoms with van der Waals surface area (Å²) in [5, 5.41) is 0. The van der Waals surface area contributed by atoms with Crippen molar-refractivity contribution in [1.29, 1.82) is 0 Å². The first-order valence-corrected chi connectivity index (χ1v) is 26.4. The minimum absolute atomic E-state index is 0.0852. The molecule has 0 radical (unpaired) electrons. The van der Waals surface area contributed by atoms with Crippen molar-refractivity contribution < 1.29 is 28.6 Å². The molecule has 1 unspecified atom stereocenters. The lowest BCUT2D eigenvalue weighted by molar-refractivity contribution is -0.167. The van der Waals surface area contributed by atoms with Crippen molar-refractivity contribution in [2.45, 2.75) is 258 Å². The lowest BCUT2D eigenvalue weighted by Crippen LogP contribution is -2.30. The summed E-state index contributed by atoms with van der Waals surface area (Å²) in [6.45, 7) is 6.47. The molecule has 0 fully saturated rings. The van der Waals surface area contributed by atoms with Gasteiger partial charge >= 0.3 is 17.9 Å². The molecule has 6 nitrogen and oxygen atoms in total. The Labute approximate surface area is 389 Å². The fourth-order valence-corrected chi connectivity index (χ4v) is 7.23. The van der Waals surface area contributed by atoms with Gasteiger partial charge in [-0.3, -0.25) is 14.4 Å². The molecular weight excluding hydrogens is 781 g/mol. The van der Waals surface area contributed by atoms with Crippen LogP contribution in [0.3, 0.4) is 0 Å². The highest BCUT2D eigenvalue weighted by Gasteiger charge is 2.19. The number of esters is 3. The topological polar surface area (TPSA) is 78.9 Å². The van der Waals surface area contributed by atoms with E-state index in [4.69, 9.17) is 14.2 Å². The molecule has 0 rings (SSSR count). The lowest BCUT2D eigenvalue weighted by Gasteiger charge is -2.18. The van der Waals surface area contributed by atoms with E-state index in [1.807, 2.05) is 0 Å². The van der Waals surface area contributed by atoms with Crippen molar-refractivity contribution >= 4 is 17.9 Å². The van der Waals surface area contributed by atoms with Crippen LogP contribution in [0.15, 0.2) is 72.9 Å². The number of hydrogen-bond donors (Lipinski definition) is 0. The van der Waals surface area contributed by atoms with Crippen molar-refractivity contribution in [2.24, 2.45) is 0 Å². The highest BCUT2D eigenvalue weighted by molar-refractivity contribution is 5.71. The summed E-state index contributed by atoms with van der Waals surface area (Å²) in [6.07, 6.45) is 64.5. The quantitative estimate of drug-likeness (QED) is 0.0262. The molecule has 63 heavy (non-hydrogen) atoms. The van der Waals surface area contributed by atoms with E-state index in [1.165, 1.54) is 103 Å². The molecule has 0 aromatic heterocycles. The molecule has 1 atom stereocenters. The highest BCUT2D eigenvalue weighted by atomic mass is 16.6. The van der Waals surface area contributed by atoms with Crippen LogP contribution in [0.25, 0.3) is 0 Å². The van der Waals surface area contributed by atoms with Crippen LogP contribution < -0.4 is 0 Å². The summed E-state index contributed by atoms with van der Waals surface area (Å²) < 4.78 is 16.8. The van der Waals surface area contributed by atoms with E-state index in [2.05, 4.69) is 93.7 Å². The van der Waals surface area contributed by atoms with Crippen molar-refractivity contribution in [2.75, 3.05) is 13.2 Å². The Hall–Kier alpha value is -3.15. The summed E-state index contributed by atoms with van der Waals surface area (Å²) in [6, 6.07) is 0. The van der Waals surface area contributed by atoms with Gasteiger partial charge in [0.2, 0.25) is 0 Å². The van der Waals surface area contributed by atoms with Gasteiger partial charge in [-0.1, -0.05) is 216 Å². The Morgan fingerprint density at radius 3 is 1.00 bits per heavy atom. The van der Waals surface area contributed by atoms with Gasteiger partial charge in [-0.25, -0.2) is 0 Å². The zero-order chi connectivity index (χ0) is 45.8. The third-order valence-corrected chi connectivity index (χ3v) is 11.2. The number of unbranched alkanes of at least 4 members (excludes halogenated alkanes) is 24. The van der Waals surface area contributed by atoms with Crippen LogP contribution >= 0.6 is 0 Å². The van der Waals surface area contributed by atoms with Crippen molar-refractivity contribution in [3.63, 3.8) is 0 Å². The molecule has 0 amide bonds. The normalized spacial score (nSPS) is 12.6. The second-order valence-electron chi connectivity index (χ2n) is 17.4. The predicted molar refractivity (Wildman–Crippen MR) is 270 cm³/mol. The van der Waals surface area contributed by atoms with Gasteiger partial charge in [-0.05, 0) is 89.9 Å². The average Bonchev–Trinajstić information content (AvgIpc) is 3.28. The Bertz CT molecular complexity index is 1190. The van der Waals surface area contributed by atoms with Crippen molar-refractivity contribution in [3.8, 4) is 0 Å². The molecule has 0 saturated carbocycles. The first-order chi connectivity index (χ1) is 31.0. The van der Waals surface area contributed by atoms with Crippen LogP contribution in [-0.2, 0) is 28.6 Å². The van der Waals surface area contributed by atoms with Crippen molar-refractivity contribution in [3.05, 3.63) is 72.9 Å². The molecule has 0 aliphatic rings. The van der Waals surface area contributed by atoms with Crippen LogP contribution in [0.2, 0.25) is 0 Å². The Morgan fingerprint density at radius 2 is 0.619 bits per heavy atom. The SMILES string of the molecule is CC/C=C\C/C=C\C/C=C\C/C=C\CCCCCCC(=O)OCC(COC(=O)CCCCCCCCCCCCC)OC(=O)CCCCCCCCC/C=C\C/C=C\CCCCC. The number of rotatable bonds is 47. The second-order valence-corrected chi connectivity index (χ2v) is 17.4. The fraction of sp³-hybridized carbons (Fsp3) is 0.737. The minimum atomic E-state index is -0.787. The van der Waals surface area contributed by atoms with E-state index in [9.17, 15) is 14.4 Å². The molecule has 0 aromatic rings. The van der Waals surface area contributed by atoms with Crippen LogP contribution in [0.4, 0.5) is 0 Å². The van der Waals surface area contributed by atoms with Gasteiger partial charge in [0.25, 0.3) is 0 Å². The molecule has 0 aliphatic carbocycles. The van der Waals surface area contributed by atoms with E-state index in [0.717, 1.165) is 109 Å². The summed E-state index contributed by atoms with van der Waals surface area (Å²) in [4.78, 5) is 38.0. The maximum Gasteiger partial charge on any atom is 0.306 e. The smallest absolute Gasteiger partial charge is 0.306 e. The third kappa shape index (κ3) is 49.7. The van der Waals surface area contributed by atoms with Crippen LogP contribution in [0.5, 0.6) is 0 Å². The molecule has 0 bridgehead atoms. The number of allylic oxidation sites excluding steroid dienone is 12. The number of carbonyl (C=O) groups excluding carboxylic acids is 3. The van der Waals surface area contributed by atoms with Crippen molar-refractivity contribution in [1.82, 2.24) is 0 Å². The molecule has 0 aliphatic heterocycles. The maximum atomic E-state index is 12.8. The van der Waals surface area contributed by atoms with E-state index in [0.29, 0.717) is 19.3 Å². The summed E-state index contributed by atoms with van der Waals surface area (Å²) >= 11 is 0. The Kier molecular flexibility index (Phi) is 48.9. The van der Waals surface area contributed by atoms with Gasteiger partial charge in [0.15, 0.2) is 6.10 Å². The standard InChI is InChI=1S/C57H98O6/c1-4-7-10-13-16-19-22-24-26-28-30-32-35-38-41-44-47-50-56(59)62-53-54(52-61-55(58)49-46-43-40-37-34-21-18-15-12-9-6-3)63-57(60)51-48-45-42-39-36-33-31-29-27-25-23-20-17-14-11-8-5-2/h7,10,16-17,19-20,24-27,30,32,54H,4-6,8-9,11-15,18,21-23,28-29,31,33-53H2,1-3H3/b10-7-,19-16-,20-17-,26-24-,27-25-,32-30-. The first-order valence-electron chi connectivity index (χ1n) is 26.4. The van der Waals surface area contributed by atoms with Gasteiger partial charge in [-0.2, -0.15) is 0 Å². The summed E-state index contributed by atoms with van der Waals surface area (Å²) in [5.41, 5.74) is 0. The third-order valence-electron chi connectivity index (χ3n) is 11.2. The summed E-state index contributed by atoms with van der Waals surface area (Å²) in [5.74, 6) is -0.915. The zero-order valence-electron chi connectivity index (χ0n) is 41.3. The maximum absolute atomic E-state index is 12.8. The molecule has 0 aromatic carbocycles. The van der Waals surface area contributed by atoms with Crippen LogP contribution in [0, 0.1) is 0 Å². The van der Waals surface area contributed by atoms with E-state index in [-0.39, 0.29) is 31.1 Å². The van der Waals surface area contributed by atoms with E-state index < -0.39 is 6.10 Å². The van der Waals surface area contributed by atoms with E-state index in [1.54, 1.807) is 0 Å². The monoisotopic (exact) mass is 879 g/mol. The molecule has 362 valence electrons. The predicted octanol–water partition coefficient (Wildman–Crippen LogP) is 17.4. The molecule has 0 saturated heterocycles. The highest BCUT2D eigenvalue weighted by Crippen LogP contribution is 2.14. The molecule has 0 spiro atoms. The Morgan fingerprint density at radius 1 is 0.333 bits per heavy atom. The average molecular weight is 879 g/mol. The zero-order valence-corrected chi connectivity index (χ0v) is 41.3. The second kappa shape index (κ2) is 51.5.